The maximum Gasteiger partial charge on any atom is 0.263 e. The number of nitriles is 1. The molecule has 0 saturated carbocycles. The van der Waals surface area contributed by atoms with Crippen LogP contribution in [0.4, 0.5) is 0 Å². The quantitative estimate of drug-likeness (QED) is 0.833. The maximum atomic E-state index is 12.1. The standard InChI is InChI=1S/C14H17ClN2O2/c1-4-17(5-2)14(18)10(3)19-13-8-6-7-12(15)11(13)9-16/h6-8,10H,4-5H2,1-3H3. The molecule has 0 aliphatic heterocycles. The minimum absolute atomic E-state index is 0.103. The van der Waals surface area contributed by atoms with Crippen LogP contribution >= 0.6 is 11.6 Å². The molecule has 1 amide bonds. The summed E-state index contributed by atoms with van der Waals surface area (Å²) in [6.07, 6.45) is -0.648. The molecule has 0 aliphatic rings. The highest BCUT2D eigenvalue weighted by Gasteiger charge is 2.21. The number of benzene rings is 1. The van der Waals surface area contributed by atoms with Crippen LogP contribution in [0.15, 0.2) is 18.2 Å². The molecule has 0 fully saturated rings. The zero-order valence-electron chi connectivity index (χ0n) is 11.3. The normalized spacial score (nSPS) is 11.5. The van der Waals surface area contributed by atoms with E-state index in [-0.39, 0.29) is 11.5 Å². The number of ether oxygens (including phenoxy) is 1. The van der Waals surface area contributed by atoms with Crippen molar-refractivity contribution in [2.75, 3.05) is 13.1 Å². The van der Waals surface area contributed by atoms with E-state index >= 15 is 0 Å². The summed E-state index contributed by atoms with van der Waals surface area (Å²) in [6.45, 7) is 6.75. The van der Waals surface area contributed by atoms with Crippen molar-refractivity contribution in [2.45, 2.75) is 26.9 Å². The Labute approximate surface area is 118 Å². The lowest BCUT2D eigenvalue weighted by Gasteiger charge is -2.23. The smallest absolute Gasteiger partial charge is 0.263 e. The van der Waals surface area contributed by atoms with Gasteiger partial charge in [0.2, 0.25) is 0 Å². The van der Waals surface area contributed by atoms with Crippen molar-refractivity contribution >= 4 is 17.5 Å². The Morgan fingerprint density at radius 2 is 2.11 bits per heavy atom. The molecule has 0 N–H and O–H groups in total. The second-order valence-electron chi connectivity index (χ2n) is 4.00. The summed E-state index contributed by atoms with van der Waals surface area (Å²) in [6, 6.07) is 6.92. The highest BCUT2D eigenvalue weighted by molar-refractivity contribution is 6.31. The monoisotopic (exact) mass is 280 g/mol. The zero-order chi connectivity index (χ0) is 14.4. The van der Waals surface area contributed by atoms with Crippen molar-refractivity contribution in [2.24, 2.45) is 0 Å². The fraction of sp³-hybridized carbons (Fsp3) is 0.429. The first kappa shape index (κ1) is 15.3. The topological polar surface area (TPSA) is 53.3 Å². The number of nitrogens with zero attached hydrogens (tertiary/aromatic N) is 2. The van der Waals surface area contributed by atoms with Crippen molar-refractivity contribution in [3.05, 3.63) is 28.8 Å². The molecule has 19 heavy (non-hydrogen) atoms. The van der Waals surface area contributed by atoms with Gasteiger partial charge >= 0.3 is 0 Å². The molecule has 0 spiro atoms. The second-order valence-corrected chi connectivity index (χ2v) is 4.40. The Bertz CT molecular complexity index is 493. The van der Waals surface area contributed by atoms with Gasteiger partial charge in [0, 0.05) is 13.1 Å². The first-order valence-corrected chi connectivity index (χ1v) is 6.56. The second kappa shape index (κ2) is 7.01. The number of halogens is 1. The van der Waals surface area contributed by atoms with E-state index in [2.05, 4.69) is 0 Å². The van der Waals surface area contributed by atoms with Gasteiger partial charge in [0.1, 0.15) is 17.4 Å². The molecule has 1 unspecified atom stereocenters. The van der Waals surface area contributed by atoms with Crippen LogP contribution in [0.2, 0.25) is 5.02 Å². The molecule has 0 aromatic heterocycles. The largest absolute Gasteiger partial charge is 0.479 e. The average Bonchev–Trinajstić information content (AvgIpc) is 2.40. The van der Waals surface area contributed by atoms with Crippen LogP contribution in [0.1, 0.15) is 26.3 Å². The van der Waals surface area contributed by atoms with Gasteiger partial charge in [0.25, 0.3) is 5.91 Å². The minimum atomic E-state index is -0.648. The Hall–Kier alpha value is -1.73. The van der Waals surface area contributed by atoms with E-state index in [0.29, 0.717) is 23.9 Å². The summed E-state index contributed by atoms with van der Waals surface area (Å²) in [5.74, 6) is 0.233. The molecule has 0 radical (unpaired) electrons. The van der Waals surface area contributed by atoms with Gasteiger partial charge in [0.15, 0.2) is 6.10 Å². The first-order chi connectivity index (χ1) is 9.04. The third kappa shape index (κ3) is 3.62. The van der Waals surface area contributed by atoms with Gasteiger partial charge in [-0.3, -0.25) is 4.79 Å². The molecule has 1 aromatic carbocycles. The van der Waals surface area contributed by atoms with E-state index in [1.54, 1.807) is 30.0 Å². The summed E-state index contributed by atoms with van der Waals surface area (Å²) < 4.78 is 5.57. The molecule has 1 aromatic rings. The summed E-state index contributed by atoms with van der Waals surface area (Å²) in [7, 11) is 0. The Morgan fingerprint density at radius 3 is 2.63 bits per heavy atom. The molecule has 5 heteroatoms. The molecule has 102 valence electrons. The number of likely N-dealkylation sites (N-methyl/N-ethyl adjacent to an activating group) is 1. The van der Waals surface area contributed by atoms with Crippen LogP contribution in [-0.2, 0) is 4.79 Å². The van der Waals surface area contributed by atoms with E-state index in [1.165, 1.54) is 0 Å². The average molecular weight is 281 g/mol. The SMILES string of the molecule is CCN(CC)C(=O)C(C)Oc1cccc(Cl)c1C#N. The van der Waals surface area contributed by atoms with Crippen LogP contribution in [0.3, 0.4) is 0 Å². The summed E-state index contributed by atoms with van der Waals surface area (Å²) in [5.41, 5.74) is 0.253. The molecule has 0 saturated heterocycles. The van der Waals surface area contributed by atoms with Gasteiger partial charge in [-0.1, -0.05) is 17.7 Å². The Kier molecular flexibility index (Phi) is 5.65. The summed E-state index contributed by atoms with van der Waals surface area (Å²) >= 11 is 5.91. The van der Waals surface area contributed by atoms with E-state index in [1.807, 2.05) is 19.9 Å². The number of hydrogen-bond acceptors (Lipinski definition) is 3. The highest BCUT2D eigenvalue weighted by Crippen LogP contribution is 2.26. The number of carbonyl (C=O) groups excluding carboxylic acids is 1. The van der Waals surface area contributed by atoms with Crippen molar-refractivity contribution in [1.29, 1.82) is 5.26 Å². The lowest BCUT2D eigenvalue weighted by Crippen LogP contribution is -2.40. The van der Waals surface area contributed by atoms with Crippen LogP contribution in [0.5, 0.6) is 5.75 Å². The van der Waals surface area contributed by atoms with Crippen molar-refractivity contribution < 1.29 is 9.53 Å². The number of rotatable bonds is 5. The highest BCUT2D eigenvalue weighted by atomic mass is 35.5. The fourth-order valence-electron chi connectivity index (χ4n) is 1.74. The Morgan fingerprint density at radius 1 is 1.47 bits per heavy atom. The number of hydrogen-bond donors (Lipinski definition) is 0. The lowest BCUT2D eigenvalue weighted by atomic mass is 10.2. The lowest BCUT2D eigenvalue weighted by molar-refractivity contribution is -0.137. The van der Waals surface area contributed by atoms with Crippen LogP contribution in [0, 0.1) is 11.3 Å². The van der Waals surface area contributed by atoms with Crippen LogP contribution < -0.4 is 4.74 Å². The third-order valence-corrected chi connectivity index (χ3v) is 3.13. The third-order valence-electron chi connectivity index (χ3n) is 2.81. The van der Waals surface area contributed by atoms with Crippen LogP contribution in [0.25, 0.3) is 0 Å². The Balaban J connectivity index is 2.89. The summed E-state index contributed by atoms with van der Waals surface area (Å²) in [4.78, 5) is 13.8. The predicted molar refractivity (Wildman–Crippen MR) is 74.2 cm³/mol. The molecule has 0 heterocycles. The minimum Gasteiger partial charge on any atom is -0.479 e. The van der Waals surface area contributed by atoms with Gasteiger partial charge in [-0.2, -0.15) is 5.26 Å². The molecule has 0 aliphatic carbocycles. The molecule has 4 nitrogen and oxygen atoms in total. The molecule has 1 atom stereocenters. The van der Waals surface area contributed by atoms with Crippen molar-refractivity contribution in [1.82, 2.24) is 4.90 Å². The molecular weight excluding hydrogens is 264 g/mol. The molecule has 1 rings (SSSR count). The maximum absolute atomic E-state index is 12.1. The number of carbonyl (C=O) groups is 1. The van der Waals surface area contributed by atoms with Crippen LogP contribution in [-0.4, -0.2) is 30.0 Å². The molecular formula is C14H17ClN2O2. The van der Waals surface area contributed by atoms with E-state index in [0.717, 1.165) is 0 Å². The molecule has 0 bridgehead atoms. The van der Waals surface area contributed by atoms with Crippen molar-refractivity contribution in [3.8, 4) is 11.8 Å². The van der Waals surface area contributed by atoms with Crippen molar-refractivity contribution in [3.63, 3.8) is 0 Å². The van der Waals surface area contributed by atoms with Gasteiger partial charge in [-0.15, -0.1) is 0 Å². The van der Waals surface area contributed by atoms with E-state index < -0.39 is 6.10 Å². The van der Waals surface area contributed by atoms with E-state index in [9.17, 15) is 4.79 Å². The zero-order valence-corrected chi connectivity index (χ0v) is 12.1. The van der Waals surface area contributed by atoms with Gasteiger partial charge in [0.05, 0.1) is 5.02 Å². The number of amides is 1. The fourth-order valence-corrected chi connectivity index (χ4v) is 1.95. The first-order valence-electron chi connectivity index (χ1n) is 6.19. The van der Waals surface area contributed by atoms with Gasteiger partial charge in [-0.05, 0) is 32.9 Å². The van der Waals surface area contributed by atoms with Gasteiger partial charge < -0.3 is 9.64 Å². The summed E-state index contributed by atoms with van der Waals surface area (Å²) in [5, 5.41) is 9.36. The van der Waals surface area contributed by atoms with Gasteiger partial charge in [-0.25, -0.2) is 0 Å². The van der Waals surface area contributed by atoms with E-state index in [4.69, 9.17) is 21.6 Å². The predicted octanol–water partition coefficient (Wildman–Crippen LogP) is 2.85.